The van der Waals surface area contributed by atoms with E-state index in [4.69, 9.17) is 14.2 Å². The number of hydrogen-bond donors (Lipinski definition) is 1. The summed E-state index contributed by atoms with van der Waals surface area (Å²) in [5.41, 5.74) is 0. The Morgan fingerprint density at radius 2 is 2.15 bits per heavy atom. The lowest BCUT2D eigenvalue weighted by Crippen LogP contribution is -2.48. The van der Waals surface area contributed by atoms with E-state index in [9.17, 15) is 9.90 Å². The molecule has 5 heteroatoms. The van der Waals surface area contributed by atoms with E-state index in [-0.39, 0.29) is 12.7 Å². The fraction of sp³-hybridized carbons (Fsp3) is 0.875. The van der Waals surface area contributed by atoms with Crippen molar-refractivity contribution in [2.45, 2.75) is 37.9 Å². The molecule has 0 amide bonds. The summed E-state index contributed by atoms with van der Waals surface area (Å²) in [6, 6.07) is 0. The normalized spacial score (nSPS) is 42.7. The number of ether oxygens (including phenoxy) is 3. The maximum absolute atomic E-state index is 10.9. The molecule has 0 unspecified atom stereocenters. The summed E-state index contributed by atoms with van der Waals surface area (Å²) >= 11 is 0. The molecule has 13 heavy (non-hydrogen) atoms. The molecule has 0 bridgehead atoms. The highest BCUT2D eigenvalue weighted by Crippen LogP contribution is 2.32. The van der Waals surface area contributed by atoms with E-state index >= 15 is 0 Å². The molecule has 0 aromatic rings. The Balaban J connectivity index is 2.15. The minimum absolute atomic E-state index is 0.157. The number of aliphatic hydroxyl groups excluding tert-OH is 1. The third-order valence-corrected chi connectivity index (χ3v) is 2.16. The van der Waals surface area contributed by atoms with Gasteiger partial charge in [0.1, 0.15) is 18.8 Å². The number of fused-ring (bicyclic) bond motifs is 1. The van der Waals surface area contributed by atoms with Crippen LogP contribution in [0.25, 0.3) is 0 Å². The van der Waals surface area contributed by atoms with Crippen molar-refractivity contribution < 1.29 is 24.1 Å². The Kier molecular flexibility index (Phi) is 1.83. The molecule has 2 aliphatic rings. The lowest BCUT2D eigenvalue weighted by atomic mass is 10.1. The third-order valence-electron chi connectivity index (χ3n) is 2.16. The number of carbonyl (C=O) groups excluding carboxylic acids is 1. The smallest absolute Gasteiger partial charge is 0.337 e. The quantitative estimate of drug-likeness (QED) is 0.515. The molecular weight excluding hydrogens is 176 g/mol. The highest BCUT2D eigenvalue weighted by Gasteiger charge is 2.50. The first kappa shape index (κ1) is 8.93. The highest BCUT2D eigenvalue weighted by atomic mass is 16.8. The van der Waals surface area contributed by atoms with Gasteiger partial charge in [0.25, 0.3) is 0 Å². The van der Waals surface area contributed by atoms with Crippen molar-refractivity contribution in [3.8, 4) is 0 Å². The van der Waals surface area contributed by atoms with Gasteiger partial charge in [-0.05, 0) is 13.8 Å². The first-order valence-electron chi connectivity index (χ1n) is 4.20. The average Bonchev–Trinajstić information content (AvgIpc) is 2.34. The summed E-state index contributed by atoms with van der Waals surface area (Å²) in [4.78, 5) is 10.9. The van der Waals surface area contributed by atoms with Crippen LogP contribution in [0.5, 0.6) is 0 Å². The number of rotatable bonds is 0. The van der Waals surface area contributed by atoms with Gasteiger partial charge in [0.05, 0.1) is 0 Å². The van der Waals surface area contributed by atoms with Crippen LogP contribution < -0.4 is 0 Å². The highest BCUT2D eigenvalue weighted by molar-refractivity contribution is 5.76. The second kappa shape index (κ2) is 2.67. The van der Waals surface area contributed by atoms with Crippen LogP contribution in [-0.4, -0.2) is 41.8 Å². The lowest BCUT2D eigenvalue weighted by molar-refractivity contribution is -0.174. The van der Waals surface area contributed by atoms with Crippen LogP contribution in [0.4, 0.5) is 0 Å². The van der Waals surface area contributed by atoms with Crippen LogP contribution in [0.15, 0.2) is 0 Å². The molecule has 2 aliphatic heterocycles. The second-order valence-corrected chi connectivity index (χ2v) is 3.71. The van der Waals surface area contributed by atoms with Crippen molar-refractivity contribution in [2.24, 2.45) is 0 Å². The molecule has 2 saturated heterocycles. The fourth-order valence-corrected chi connectivity index (χ4v) is 1.64. The summed E-state index contributed by atoms with van der Waals surface area (Å²) in [6.45, 7) is 3.63. The van der Waals surface area contributed by atoms with Gasteiger partial charge in [0.2, 0.25) is 0 Å². The summed E-state index contributed by atoms with van der Waals surface area (Å²) < 4.78 is 15.5. The zero-order valence-corrected chi connectivity index (χ0v) is 7.52. The standard InChI is InChI=1S/C8H12O5/c1-8(2)12-4-3-11-7(10)5(9)6(4)13-8/h4-6,9H,3H2,1-2H3/t4-,5+,6-/m0/s1. The van der Waals surface area contributed by atoms with E-state index in [2.05, 4.69) is 0 Å². The van der Waals surface area contributed by atoms with Gasteiger partial charge in [-0.3, -0.25) is 0 Å². The van der Waals surface area contributed by atoms with E-state index in [1.165, 1.54) is 0 Å². The Labute approximate surface area is 75.6 Å². The molecule has 2 fully saturated rings. The SMILES string of the molecule is CC1(C)O[C@H]2[C@H](COC(=O)[C@@H]2O)O1. The molecule has 0 aliphatic carbocycles. The third kappa shape index (κ3) is 1.43. The summed E-state index contributed by atoms with van der Waals surface area (Å²) in [5, 5.41) is 9.40. The van der Waals surface area contributed by atoms with Gasteiger partial charge in [0, 0.05) is 0 Å². The topological polar surface area (TPSA) is 65.0 Å². The van der Waals surface area contributed by atoms with Crippen molar-refractivity contribution in [1.82, 2.24) is 0 Å². The minimum atomic E-state index is -1.22. The van der Waals surface area contributed by atoms with E-state index < -0.39 is 24.0 Å². The van der Waals surface area contributed by atoms with Crippen molar-refractivity contribution in [3.05, 3.63) is 0 Å². The minimum Gasteiger partial charge on any atom is -0.461 e. The van der Waals surface area contributed by atoms with Crippen LogP contribution in [0.1, 0.15) is 13.8 Å². The summed E-state index contributed by atoms with van der Waals surface area (Å²) in [7, 11) is 0. The Hall–Kier alpha value is -0.650. The van der Waals surface area contributed by atoms with E-state index in [1.807, 2.05) is 0 Å². The molecule has 0 aromatic heterocycles. The molecule has 3 atom stereocenters. The number of hydrogen-bond acceptors (Lipinski definition) is 5. The van der Waals surface area contributed by atoms with Crippen molar-refractivity contribution in [3.63, 3.8) is 0 Å². The second-order valence-electron chi connectivity index (χ2n) is 3.71. The molecule has 2 rings (SSSR count). The van der Waals surface area contributed by atoms with Crippen LogP contribution in [0.3, 0.4) is 0 Å². The van der Waals surface area contributed by atoms with Gasteiger partial charge in [-0.1, -0.05) is 0 Å². The first-order chi connectivity index (χ1) is 5.99. The predicted octanol–water partition coefficient (Wildman–Crippen LogP) is -0.576. The molecule has 0 saturated carbocycles. The van der Waals surface area contributed by atoms with Crippen molar-refractivity contribution >= 4 is 5.97 Å². The predicted molar refractivity (Wildman–Crippen MR) is 40.8 cm³/mol. The Morgan fingerprint density at radius 3 is 2.85 bits per heavy atom. The number of aliphatic hydroxyl groups is 1. The molecule has 0 radical (unpaired) electrons. The average molecular weight is 188 g/mol. The summed E-state index contributed by atoms with van der Waals surface area (Å²) in [6.07, 6.45) is -2.15. The van der Waals surface area contributed by atoms with E-state index in [0.29, 0.717) is 0 Å². The monoisotopic (exact) mass is 188 g/mol. The van der Waals surface area contributed by atoms with Crippen molar-refractivity contribution in [1.29, 1.82) is 0 Å². The Morgan fingerprint density at radius 1 is 1.46 bits per heavy atom. The molecule has 74 valence electrons. The van der Waals surface area contributed by atoms with Gasteiger partial charge in [-0.25, -0.2) is 4.79 Å². The van der Waals surface area contributed by atoms with Crippen LogP contribution in [-0.2, 0) is 19.0 Å². The lowest BCUT2D eigenvalue weighted by Gasteiger charge is -2.25. The summed E-state index contributed by atoms with van der Waals surface area (Å²) in [5.74, 6) is -1.38. The van der Waals surface area contributed by atoms with E-state index in [1.54, 1.807) is 13.8 Å². The van der Waals surface area contributed by atoms with Crippen LogP contribution in [0.2, 0.25) is 0 Å². The largest absolute Gasteiger partial charge is 0.461 e. The van der Waals surface area contributed by atoms with Crippen molar-refractivity contribution in [2.75, 3.05) is 6.61 Å². The Bertz CT molecular complexity index is 237. The van der Waals surface area contributed by atoms with Gasteiger partial charge in [-0.15, -0.1) is 0 Å². The van der Waals surface area contributed by atoms with Gasteiger partial charge >= 0.3 is 5.97 Å². The zero-order valence-electron chi connectivity index (χ0n) is 7.52. The van der Waals surface area contributed by atoms with E-state index in [0.717, 1.165) is 0 Å². The zero-order chi connectivity index (χ0) is 9.64. The molecule has 2 heterocycles. The molecule has 0 aromatic carbocycles. The molecule has 1 N–H and O–H groups in total. The van der Waals surface area contributed by atoms with Crippen LogP contribution in [0, 0.1) is 0 Å². The number of esters is 1. The van der Waals surface area contributed by atoms with Gasteiger partial charge in [0.15, 0.2) is 11.9 Å². The maximum atomic E-state index is 10.9. The number of carbonyl (C=O) groups is 1. The van der Waals surface area contributed by atoms with Gasteiger partial charge < -0.3 is 19.3 Å². The molecule has 5 nitrogen and oxygen atoms in total. The number of cyclic esters (lactones) is 1. The first-order valence-corrected chi connectivity index (χ1v) is 4.20. The fourth-order valence-electron chi connectivity index (χ4n) is 1.64. The van der Waals surface area contributed by atoms with Gasteiger partial charge in [-0.2, -0.15) is 0 Å². The molecular formula is C8H12O5. The van der Waals surface area contributed by atoms with Crippen LogP contribution >= 0.6 is 0 Å². The maximum Gasteiger partial charge on any atom is 0.337 e. The molecule has 0 spiro atoms.